The van der Waals surface area contributed by atoms with Crippen molar-refractivity contribution in [1.82, 2.24) is 5.32 Å². The third-order valence-electron chi connectivity index (χ3n) is 5.11. The molecule has 0 atom stereocenters. The average Bonchev–Trinajstić information content (AvgIpc) is 2.49. The van der Waals surface area contributed by atoms with Gasteiger partial charge in [0.1, 0.15) is 0 Å². The van der Waals surface area contributed by atoms with Gasteiger partial charge >= 0.3 is 0 Å². The molecule has 1 aromatic rings. The second-order valence-electron chi connectivity index (χ2n) is 6.31. The Bertz CT molecular complexity index is 490. The number of methoxy groups -OCH3 is 2. The van der Waals surface area contributed by atoms with E-state index in [4.69, 9.17) is 9.47 Å². The van der Waals surface area contributed by atoms with E-state index < -0.39 is 0 Å². The van der Waals surface area contributed by atoms with E-state index in [2.05, 4.69) is 24.4 Å². The van der Waals surface area contributed by atoms with Crippen molar-refractivity contribution in [2.24, 2.45) is 5.92 Å². The lowest BCUT2D eigenvalue weighted by molar-refractivity contribution is 0.187. The number of hydrogen-bond acceptors (Lipinski definition) is 3. The summed E-state index contributed by atoms with van der Waals surface area (Å²) >= 11 is 0. The van der Waals surface area contributed by atoms with E-state index in [9.17, 15) is 0 Å². The van der Waals surface area contributed by atoms with Crippen LogP contribution in [0.25, 0.3) is 0 Å². The van der Waals surface area contributed by atoms with Crippen LogP contribution in [-0.4, -0.2) is 20.8 Å². The summed E-state index contributed by atoms with van der Waals surface area (Å²) in [4.78, 5) is 0. The highest BCUT2D eigenvalue weighted by Crippen LogP contribution is 2.45. The zero-order valence-corrected chi connectivity index (χ0v) is 12.8. The molecule has 0 aromatic heterocycles. The molecule has 1 aliphatic heterocycles. The zero-order chi connectivity index (χ0) is 14.2. The number of ether oxygens (including phenoxy) is 2. The van der Waals surface area contributed by atoms with Gasteiger partial charge in [-0.1, -0.05) is 6.92 Å². The number of nitrogens with one attached hydrogen (secondary N) is 1. The molecule has 1 spiro atoms. The van der Waals surface area contributed by atoms with Gasteiger partial charge in [-0.2, -0.15) is 0 Å². The van der Waals surface area contributed by atoms with Crippen molar-refractivity contribution >= 4 is 0 Å². The van der Waals surface area contributed by atoms with Gasteiger partial charge in [-0.05, 0) is 61.3 Å². The second kappa shape index (κ2) is 5.28. The minimum atomic E-state index is 0.166. The van der Waals surface area contributed by atoms with Crippen LogP contribution in [0, 0.1) is 5.92 Å². The first kappa shape index (κ1) is 13.7. The number of fused-ring (bicyclic) bond motifs is 2. The number of benzene rings is 1. The molecule has 0 unspecified atom stereocenters. The highest BCUT2D eigenvalue weighted by Gasteiger charge is 2.39. The molecule has 1 fully saturated rings. The molecule has 1 N–H and O–H groups in total. The van der Waals surface area contributed by atoms with Gasteiger partial charge < -0.3 is 14.8 Å². The highest BCUT2D eigenvalue weighted by molar-refractivity contribution is 5.51. The van der Waals surface area contributed by atoms with E-state index >= 15 is 0 Å². The molecule has 0 bridgehead atoms. The lowest BCUT2D eigenvalue weighted by atomic mass is 9.70. The van der Waals surface area contributed by atoms with Gasteiger partial charge in [0.25, 0.3) is 0 Å². The third-order valence-corrected chi connectivity index (χ3v) is 5.11. The molecule has 3 nitrogen and oxygen atoms in total. The van der Waals surface area contributed by atoms with Crippen LogP contribution in [0.1, 0.15) is 43.7 Å². The second-order valence-corrected chi connectivity index (χ2v) is 6.31. The molecule has 0 saturated heterocycles. The highest BCUT2D eigenvalue weighted by atomic mass is 16.5. The summed E-state index contributed by atoms with van der Waals surface area (Å²) in [6.45, 7) is 3.43. The van der Waals surface area contributed by atoms with E-state index in [0.717, 1.165) is 30.4 Å². The van der Waals surface area contributed by atoms with Gasteiger partial charge in [0.2, 0.25) is 0 Å². The van der Waals surface area contributed by atoms with Crippen molar-refractivity contribution in [3.8, 4) is 11.5 Å². The fourth-order valence-electron chi connectivity index (χ4n) is 3.81. The number of hydrogen-bond donors (Lipinski definition) is 1. The first-order valence-corrected chi connectivity index (χ1v) is 7.69. The SMILES string of the molecule is COc1cc2c(cc1OC)C1(CCC(C)CC1)NCC2. The molecule has 3 rings (SSSR count). The molecule has 20 heavy (non-hydrogen) atoms. The van der Waals surface area contributed by atoms with Crippen molar-refractivity contribution in [2.45, 2.75) is 44.6 Å². The smallest absolute Gasteiger partial charge is 0.161 e. The molecular weight excluding hydrogens is 250 g/mol. The summed E-state index contributed by atoms with van der Waals surface area (Å²) in [5.74, 6) is 2.56. The van der Waals surface area contributed by atoms with E-state index in [0.29, 0.717) is 0 Å². The Morgan fingerprint density at radius 1 is 1.10 bits per heavy atom. The van der Waals surface area contributed by atoms with Gasteiger partial charge in [0.15, 0.2) is 11.5 Å². The van der Waals surface area contributed by atoms with Crippen LogP contribution in [-0.2, 0) is 12.0 Å². The van der Waals surface area contributed by atoms with Crippen LogP contribution in [0.3, 0.4) is 0 Å². The molecule has 1 aliphatic carbocycles. The lowest BCUT2D eigenvalue weighted by Crippen LogP contribution is -2.49. The maximum Gasteiger partial charge on any atom is 0.161 e. The summed E-state index contributed by atoms with van der Waals surface area (Å²) in [5, 5.41) is 3.80. The van der Waals surface area contributed by atoms with Crippen molar-refractivity contribution in [2.75, 3.05) is 20.8 Å². The summed E-state index contributed by atoms with van der Waals surface area (Å²) in [5.41, 5.74) is 3.03. The van der Waals surface area contributed by atoms with E-state index in [1.807, 2.05) is 0 Å². The van der Waals surface area contributed by atoms with E-state index in [1.54, 1.807) is 14.2 Å². The van der Waals surface area contributed by atoms with Gasteiger partial charge in [-0.3, -0.25) is 0 Å². The predicted octanol–water partition coefficient (Wildman–Crippen LogP) is 3.25. The van der Waals surface area contributed by atoms with Crippen molar-refractivity contribution < 1.29 is 9.47 Å². The molecule has 1 saturated carbocycles. The van der Waals surface area contributed by atoms with Crippen LogP contribution >= 0.6 is 0 Å². The van der Waals surface area contributed by atoms with Crippen LogP contribution in [0.15, 0.2) is 12.1 Å². The summed E-state index contributed by atoms with van der Waals surface area (Å²) in [6.07, 6.45) is 6.15. The Morgan fingerprint density at radius 3 is 2.40 bits per heavy atom. The third kappa shape index (κ3) is 2.18. The summed E-state index contributed by atoms with van der Waals surface area (Å²) in [7, 11) is 3.43. The predicted molar refractivity (Wildman–Crippen MR) is 80.6 cm³/mol. The minimum absolute atomic E-state index is 0.166. The molecule has 1 aromatic carbocycles. The van der Waals surface area contributed by atoms with Crippen molar-refractivity contribution in [3.05, 3.63) is 23.3 Å². The zero-order valence-electron chi connectivity index (χ0n) is 12.8. The maximum absolute atomic E-state index is 5.50. The van der Waals surface area contributed by atoms with Gasteiger partial charge in [0, 0.05) is 12.1 Å². The van der Waals surface area contributed by atoms with E-state index in [1.165, 1.54) is 36.8 Å². The Balaban J connectivity index is 2.03. The Kier molecular flexibility index (Phi) is 3.63. The lowest BCUT2D eigenvalue weighted by Gasteiger charge is -2.44. The molecule has 3 heteroatoms. The normalized spacial score (nSPS) is 29.1. The topological polar surface area (TPSA) is 30.5 Å². The van der Waals surface area contributed by atoms with Crippen LogP contribution in [0.2, 0.25) is 0 Å². The summed E-state index contributed by atoms with van der Waals surface area (Å²) < 4.78 is 11.0. The largest absolute Gasteiger partial charge is 0.493 e. The van der Waals surface area contributed by atoms with Crippen molar-refractivity contribution in [1.29, 1.82) is 0 Å². The Hall–Kier alpha value is -1.22. The van der Waals surface area contributed by atoms with Crippen LogP contribution in [0.4, 0.5) is 0 Å². The first-order valence-electron chi connectivity index (χ1n) is 7.69. The quantitative estimate of drug-likeness (QED) is 0.898. The average molecular weight is 275 g/mol. The van der Waals surface area contributed by atoms with Gasteiger partial charge in [-0.15, -0.1) is 0 Å². The van der Waals surface area contributed by atoms with Crippen molar-refractivity contribution in [3.63, 3.8) is 0 Å². The fourth-order valence-corrected chi connectivity index (χ4v) is 3.81. The van der Waals surface area contributed by atoms with E-state index in [-0.39, 0.29) is 5.54 Å². The Labute approximate surface area is 121 Å². The molecule has 110 valence electrons. The van der Waals surface area contributed by atoms with Gasteiger partial charge in [-0.25, -0.2) is 0 Å². The van der Waals surface area contributed by atoms with Gasteiger partial charge in [0.05, 0.1) is 14.2 Å². The maximum atomic E-state index is 5.50. The standard InChI is InChI=1S/C17H25NO2/c1-12-4-7-17(8-5-12)14-11-16(20-3)15(19-2)10-13(14)6-9-18-17/h10-12,18H,4-9H2,1-3H3. The molecule has 0 radical (unpaired) electrons. The molecule has 1 heterocycles. The molecule has 0 amide bonds. The van der Waals surface area contributed by atoms with Crippen LogP contribution < -0.4 is 14.8 Å². The molecular formula is C17H25NO2. The molecule has 2 aliphatic rings. The van der Waals surface area contributed by atoms with Crippen LogP contribution in [0.5, 0.6) is 11.5 Å². The first-order chi connectivity index (χ1) is 9.68. The minimum Gasteiger partial charge on any atom is -0.493 e. The fraction of sp³-hybridized carbons (Fsp3) is 0.647. The monoisotopic (exact) mass is 275 g/mol. The Morgan fingerprint density at radius 2 is 1.75 bits per heavy atom. The number of rotatable bonds is 2. The summed E-state index contributed by atoms with van der Waals surface area (Å²) in [6, 6.07) is 4.38.